The van der Waals surface area contributed by atoms with Crippen LogP contribution in [-0.2, 0) is 0 Å². The van der Waals surface area contributed by atoms with Crippen LogP contribution in [0.2, 0.25) is 0 Å². The molecule has 2 rings (SSSR count). The number of fused-ring (bicyclic) bond motifs is 1. The van der Waals surface area contributed by atoms with Crippen molar-refractivity contribution < 1.29 is 9.90 Å². The third-order valence-corrected chi connectivity index (χ3v) is 1.97. The number of primary amides is 1. The minimum Gasteiger partial charge on any atom is -0.504 e. The maximum absolute atomic E-state index is 11.8. The van der Waals surface area contributed by atoms with Crippen LogP contribution in [0, 0.1) is 0 Å². The Hall–Kier alpha value is -2.57. The summed E-state index contributed by atoms with van der Waals surface area (Å²) >= 11 is 0. The van der Waals surface area contributed by atoms with Crippen LogP contribution in [0.15, 0.2) is 29.3 Å². The molecule has 7 nitrogen and oxygen atoms in total. The Bertz CT molecular complexity index is 620. The van der Waals surface area contributed by atoms with Gasteiger partial charge in [0.15, 0.2) is 11.4 Å². The van der Waals surface area contributed by atoms with E-state index in [1.807, 2.05) is 0 Å². The third-order valence-electron chi connectivity index (χ3n) is 1.97. The number of nitrogens with two attached hydrogens (primary N) is 1. The van der Waals surface area contributed by atoms with Crippen LogP contribution >= 0.6 is 0 Å². The number of nitrogens with one attached hydrogen (secondary N) is 1. The van der Waals surface area contributed by atoms with Crippen molar-refractivity contribution in [3.8, 4) is 5.75 Å². The van der Waals surface area contributed by atoms with E-state index in [1.54, 1.807) is 0 Å². The molecule has 2 aromatic rings. The van der Waals surface area contributed by atoms with Gasteiger partial charge in [0.05, 0.1) is 6.20 Å². The maximum atomic E-state index is 11.8. The second-order valence-electron chi connectivity index (χ2n) is 3.05. The fraction of sp³-hybridized carbons (Fsp3) is 0. The van der Waals surface area contributed by atoms with Gasteiger partial charge in [-0.2, -0.15) is 0 Å². The monoisotopic (exact) mass is 220 g/mol. The van der Waals surface area contributed by atoms with Crippen molar-refractivity contribution in [1.82, 2.24) is 9.38 Å². The number of carbonyl (C=O) groups excluding carboxylic acids is 1. The molecule has 2 amide bonds. The molecular formula is C9H8N4O3. The van der Waals surface area contributed by atoms with Crippen molar-refractivity contribution in [2.24, 2.45) is 5.73 Å². The third kappa shape index (κ3) is 1.54. The first-order valence-electron chi connectivity index (χ1n) is 4.35. The van der Waals surface area contributed by atoms with Gasteiger partial charge >= 0.3 is 6.03 Å². The van der Waals surface area contributed by atoms with E-state index in [-0.39, 0.29) is 17.1 Å². The number of nitrogens with zero attached hydrogens (tertiary/aromatic N) is 2. The minimum absolute atomic E-state index is 0.0457. The van der Waals surface area contributed by atoms with Crippen molar-refractivity contribution in [1.29, 1.82) is 0 Å². The highest BCUT2D eigenvalue weighted by molar-refractivity contribution is 5.87. The Kier molecular flexibility index (Phi) is 2.20. The molecule has 0 aromatic carbocycles. The predicted molar refractivity (Wildman–Crippen MR) is 56.3 cm³/mol. The zero-order valence-corrected chi connectivity index (χ0v) is 8.04. The van der Waals surface area contributed by atoms with Crippen molar-refractivity contribution >= 4 is 17.4 Å². The molecule has 0 aliphatic rings. The van der Waals surface area contributed by atoms with Gasteiger partial charge in [-0.1, -0.05) is 0 Å². The molecule has 7 heteroatoms. The van der Waals surface area contributed by atoms with E-state index in [1.165, 1.54) is 18.3 Å². The van der Waals surface area contributed by atoms with Gasteiger partial charge in [0.25, 0.3) is 5.56 Å². The molecule has 0 fully saturated rings. The van der Waals surface area contributed by atoms with Gasteiger partial charge < -0.3 is 16.2 Å². The molecule has 0 aliphatic heterocycles. The molecule has 0 aliphatic carbocycles. The van der Waals surface area contributed by atoms with Crippen LogP contribution in [0.4, 0.5) is 10.5 Å². The second-order valence-corrected chi connectivity index (χ2v) is 3.05. The van der Waals surface area contributed by atoms with Crippen molar-refractivity contribution in [2.75, 3.05) is 5.32 Å². The molecular weight excluding hydrogens is 212 g/mol. The normalized spacial score (nSPS) is 10.2. The SMILES string of the molecule is NC(=O)Nc1cnc2c(O)cccn2c1=O. The molecule has 82 valence electrons. The average Bonchev–Trinajstić information content (AvgIpc) is 2.23. The number of amides is 2. The Morgan fingerprint density at radius 2 is 2.31 bits per heavy atom. The van der Waals surface area contributed by atoms with Crippen LogP contribution in [0.1, 0.15) is 0 Å². The van der Waals surface area contributed by atoms with Crippen LogP contribution in [0.25, 0.3) is 5.65 Å². The molecule has 0 saturated heterocycles. The van der Waals surface area contributed by atoms with E-state index in [2.05, 4.69) is 10.3 Å². The van der Waals surface area contributed by atoms with Crippen molar-refractivity contribution in [3.63, 3.8) is 0 Å². The summed E-state index contributed by atoms with van der Waals surface area (Å²) in [6.45, 7) is 0. The largest absolute Gasteiger partial charge is 0.504 e. The first-order valence-corrected chi connectivity index (χ1v) is 4.35. The van der Waals surface area contributed by atoms with Gasteiger partial charge in [-0.3, -0.25) is 9.20 Å². The lowest BCUT2D eigenvalue weighted by Gasteiger charge is -2.04. The lowest BCUT2D eigenvalue weighted by molar-refractivity contribution is 0.259. The topological polar surface area (TPSA) is 110 Å². The summed E-state index contributed by atoms with van der Waals surface area (Å²) in [5, 5.41) is 11.6. The smallest absolute Gasteiger partial charge is 0.316 e. The summed E-state index contributed by atoms with van der Waals surface area (Å²) in [6.07, 6.45) is 2.57. The van der Waals surface area contributed by atoms with Crippen LogP contribution in [-0.4, -0.2) is 20.5 Å². The number of aromatic nitrogens is 2. The van der Waals surface area contributed by atoms with Crippen molar-refractivity contribution in [3.05, 3.63) is 34.9 Å². The summed E-state index contributed by atoms with van der Waals surface area (Å²) in [4.78, 5) is 26.2. The zero-order valence-electron chi connectivity index (χ0n) is 8.04. The Morgan fingerprint density at radius 3 is 3.00 bits per heavy atom. The van der Waals surface area contributed by atoms with E-state index in [4.69, 9.17) is 5.73 Å². The number of pyridine rings is 1. The predicted octanol–water partition coefficient (Wildman–Crippen LogP) is -0.109. The van der Waals surface area contributed by atoms with Crippen LogP contribution < -0.4 is 16.6 Å². The second kappa shape index (κ2) is 3.54. The molecule has 0 unspecified atom stereocenters. The summed E-state index contributed by atoms with van der Waals surface area (Å²) < 4.78 is 1.11. The summed E-state index contributed by atoms with van der Waals surface area (Å²) in [7, 11) is 0. The van der Waals surface area contributed by atoms with Gasteiger partial charge in [-0.25, -0.2) is 9.78 Å². The van der Waals surface area contributed by atoms with Gasteiger partial charge in [0.1, 0.15) is 5.69 Å². The molecule has 16 heavy (non-hydrogen) atoms. The average molecular weight is 220 g/mol. The van der Waals surface area contributed by atoms with Crippen LogP contribution in [0.5, 0.6) is 5.75 Å². The Morgan fingerprint density at radius 1 is 1.56 bits per heavy atom. The number of urea groups is 1. The first-order chi connectivity index (χ1) is 7.59. The molecule has 4 N–H and O–H groups in total. The van der Waals surface area contributed by atoms with E-state index in [9.17, 15) is 14.7 Å². The quantitative estimate of drug-likeness (QED) is 0.622. The highest BCUT2D eigenvalue weighted by atomic mass is 16.3. The van der Waals surface area contributed by atoms with E-state index in [0.29, 0.717) is 0 Å². The molecule has 0 spiro atoms. The standard InChI is InChI=1S/C9H8N4O3/c10-9(16)12-5-4-11-7-6(14)2-1-3-13(7)8(5)15/h1-4,14H,(H3,10,12,16). The fourth-order valence-corrected chi connectivity index (χ4v) is 1.31. The number of hydrogen-bond acceptors (Lipinski definition) is 4. The van der Waals surface area contributed by atoms with Crippen LogP contribution in [0.3, 0.4) is 0 Å². The lowest BCUT2D eigenvalue weighted by Crippen LogP contribution is -2.26. The maximum Gasteiger partial charge on any atom is 0.316 e. The highest BCUT2D eigenvalue weighted by Gasteiger charge is 2.08. The van der Waals surface area contributed by atoms with Gasteiger partial charge in [0.2, 0.25) is 0 Å². The molecule has 0 saturated carbocycles. The molecule has 2 heterocycles. The summed E-state index contributed by atoms with van der Waals surface area (Å²) in [5.74, 6) is -0.120. The number of rotatable bonds is 1. The number of hydrogen-bond donors (Lipinski definition) is 3. The van der Waals surface area contributed by atoms with Gasteiger partial charge in [-0.05, 0) is 12.1 Å². The van der Waals surface area contributed by atoms with E-state index < -0.39 is 11.6 Å². The Labute approximate surface area is 89.2 Å². The first kappa shape index (κ1) is 9.97. The fourth-order valence-electron chi connectivity index (χ4n) is 1.31. The molecule has 0 atom stereocenters. The summed E-state index contributed by atoms with van der Waals surface area (Å²) in [6, 6.07) is 2.04. The van der Waals surface area contributed by atoms with E-state index in [0.717, 1.165) is 10.6 Å². The highest BCUT2D eigenvalue weighted by Crippen LogP contribution is 2.13. The Balaban J connectivity index is 2.71. The zero-order chi connectivity index (χ0) is 11.7. The molecule has 0 radical (unpaired) electrons. The van der Waals surface area contributed by atoms with Crippen molar-refractivity contribution in [2.45, 2.75) is 0 Å². The number of carbonyl (C=O) groups is 1. The molecule has 2 aromatic heterocycles. The van der Waals surface area contributed by atoms with E-state index >= 15 is 0 Å². The minimum atomic E-state index is -0.848. The lowest BCUT2D eigenvalue weighted by atomic mass is 10.4. The van der Waals surface area contributed by atoms with Gasteiger partial charge in [0, 0.05) is 6.20 Å². The number of anilines is 1. The van der Waals surface area contributed by atoms with Gasteiger partial charge in [-0.15, -0.1) is 0 Å². The summed E-state index contributed by atoms with van der Waals surface area (Å²) in [5.41, 5.74) is 4.45. The number of aromatic hydroxyl groups is 1. The molecule has 0 bridgehead atoms.